The molecule has 0 fully saturated rings. The molecule has 0 spiro atoms. The third kappa shape index (κ3) is 3.78. The van der Waals surface area contributed by atoms with Gasteiger partial charge in [0.05, 0.1) is 19.4 Å². The van der Waals surface area contributed by atoms with Crippen LogP contribution in [0.5, 0.6) is 11.6 Å². The number of hydrogen-bond acceptors (Lipinski definition) is 5. The number of aromatic nitrogens is 2. The van der Waals surface area contributed by atoms with Crippen LogP contribution in [0, 0.1) is 0 Å². The van der Waals surface area contributed by atoms with Gasteiger partial charge in [-0.25, -0.2) is 4.79 Å². The second-order valence-corrected chi connectivity index (χ2v) is 4.51. The summed E-state index contributed by atoms with van der Waals surface area (Å²) in [4.78, 5) is 11.3. The molecular weight excluding hydrogens is 284 g/mol. The fourth-order valence-corrected chi connectivity index (χ4v) is 2.03. The van der Waals surface area contributed by atoms with Gasteiger partial charge in [-0.2, -0.15) is 0 Å². The topological polar surface area (TPSA) is 62.6 Å². The Morgan fingerprint density at radius 1 is 1.23 bits per heavy atom. The third-order valence-corrected chi connectivity index (χ3v) is 3.09. The zero-order chi connectivity index (χ0) is 15.9. The molecule has 0 saturated carbocycles. The van der Waals surface area contributed by atoms with Gasteiger partial charge in [-0.1, -0.05) is 0 Å². The quantitative estimate of drug-likeness (QED) is 0.736. The van der Waals surface area contributed by atoms with Gasteiger partial charge in [-0.15, -0.1) is 5.10 Å². The van der Waals surface area contributed by atoms with Crippen molar-refractivity contribution in [1.29, 1.82) is 0 Å². The van der Waals surface area contributed by atoms with Crippen molar-refractivity contribution in [2.75, 3.05) is 20.3 Å². The van der Waals surface area contributed by atoms with Crippen molar-refractivity contribution in [3.05, 3.63) is 30.3 Å². The average Bonchev–Trinajstić information content (AvgIpc) is 2.96. The maximum atomic E-state index is 11.3. The summed E-state index contributed by atoms with van der Waals surface area (Å²) in [6.07, 6.45) is 0. The highest BCUT2D eigenvalue weighted by atomic mass is 16.6. The molecule has 0 aliphatic heterocycles. The summed E-state index contributed by atoms with van der Waals surface area (Å²) < 4.78 is 17.2. The van der Waals surface area contributed by atoms with E-state index in [1.807, 2.05) is 41.9 Å². The monoisotopic (exact) mass is 304 g/mol. The van der Waals surface area contributed by atoms with Gasteiger partial charge in [-0.3, -0.25) is 4.68 Å². The lowest BCUT2D eigenvalue weighted by Gasteiger charge is -2.05. The number of carbonyl (C=O) groups is 1. The molecule has 1 aromatic heterocycles. The number of carbonyl (C=O) groups excluding carboxylic acids is 1. The van der Waals surface area contributed by atoms with Gasteiger partial charge >= 0.3 is 5.97 Å². The molecule has 0 saturated heterocycles. The van der Waals surface area contributed by atoms with Crippen LogP contribution in [0.15, 0.2) is 30.3 Å². The van der Waals surface area contributed by atoms with E-state index in [0.29, 0.717) is 19.0 Å². The molecular formula is C16H20N2O4. The summed E-state index contributed by atoms with van der Waals surface area (Å²) in [5, 5.41) is 4.34. The first-order valence-corrected chi connectivity index (χ1v) is 7.18. The molecule has 0 atom stereocenters. The maximum Gasteiger partial charge on any atom is 0.344 e. The van der Waals surface area contributed by atoms with Crippen LogP contribution in [0.3, 0.4) is 0 Å². The molecule has 0 N–H and O–H groups in total. The lowest BCUT2D eigenvalue weighted by atomic mass is 10.1. The van der Waals surface area contributed by atoms with Gasteiger partial charge in [0.2, 0.25) is 5.88 Å². The summed E-state index contributed by atoms with van der Waals surface area (Å²) in [7, 11) is 1.63. The molecule has 0 bridgehead atoms. The van der Waals surface area contributed by atoms with Gasteiger partial charge in [0, 0.05) is 18.2 Å². The molecule has 1 heterocycles. The lowest BCUT2D eigenvalue weighted by molar-refractivity contribution is -0.145. The molecule has 2 aromatic rings. The smallest absolute Gasteiger partial charge is 0.344 e. The van der Waals surface area contributed by atoms with Crippen LogP contribution in [-0.4, -0.2) is 36.1 Å². The van der Waals surface area contributed by atoms with Crippen LogP contribution in [0.1, 0.15) is 13.8 Å². The minimum absolute atomic E-state index is 0.142. The molecule has 6 nitrogen and oxygen atoms in total. The van der Waals surface area contributed by atoms with Crippen molar-refractivity contribution in [2.45, 2.75) is 20.4 Å². The predicted molar refractivity (Wildman–Crippen MR) is 82.0 cm³/mol. The molecule has 0 aliphatic carbocycles. The molecule has 22 heavy (non-hydrogen) atoms. The Hall–Kier alpha value is -2.50. The number of rotatable bonds is 7. The van der Waals surface area contributed by atoms with Crippen molar-refractivity contribution >= 4 is 5.97 Å². The van der Waals surface area contributed by atoms with Crippen molar-refractivity contribution in [2.24, 2.45) is 0 Å². The van der Waals surface area contributed by atoms with E-state index in [2.05, 4.69) is 5.10 Å². The Kier molecular flexibility index (Phi) is 5.41. The van der Waals surface area contributed by atoms with Gasteiger partial charge in [0.25, 0.3) is 0 Å². The first kappa shape index (κ1) is 15.9. The Bertz CT molecular complexity index is 620. The van der Waals surface area contributed by atoms with Crippen LogP contribution in [0.4, 0.5) is 0 Å². The van der Waals surface area contributed by atoms with Gasteiger partial charge in [0.1, 0.15) is 5.75 Å². The molecule has 2 rings (SSSR count). The molecule has 6 heteroatoms. The van der Waals surface area contributed by atoms with E-state index in [4.69, 9.17) is 14.2 Å². The molecule has 0 amide bonds. The van der Waals surface area contributed by atoms with Gasteiger partial charge in [-0.05, 0) is 38.1 Å². The van der Waals surface area contributed by atoms with Crippen LogP contribution in [0.25, 0.3) is 11.3 Å². The maximum absolute atomic E-state index is 11.3. The first-order valence-electron chi connectivity index (χ1n) is 7.18. The van der Waals surface area contributed by atoms with E-state index in [9.17, 15) is 4.79 Å². The number of ether oxygens (including phenoxy) is 3. The number of methoxy groups -OCH3 is 1. The van der Waals surface area contributed by atoms with E-state index >= 15 is 0 Å². The second kappa shape index (κ2) is 7.49. The van der Waals surface area contributed by atoms with Crippen LogP contribution >= 0.6 is 0 Å². The highest BCUT2D eigenvalue weighted by molar-refractivity contribution is 5.71. The van der Waals surface area contributed by atoms with E-state index in [0.717, 1.165) is 17.0 Å². The number of aryl methyl sites for hydroxylation is 1. The number of hydrogen-bond donors (Lipinski definition) is 0. The first-order chi connectivity index (χ1) is 10.7. The van der Waals surface area contributed by atoms with E-state index in [-0.39, 0.29) is 6.61 Å². The highest BCUT2D eigenvalue weighted by Gasteiger charge is 2.12. The van der Waals surface area contributed by atoms with Crippen LogP contribution < -0.4 is 9.47 Å². The number of nitrogens with zero attached hydrogens (tertiary/aromatic N) is 2. The zero-order valence-electron chi connectivity index (χ0n) is 13.0. The minimum Gasteiger partial charge on any atom is -0.497 e. The number of benzene rings is 1. The fourth-order valence-electron chi connectivity index (χ4n) is 2.03. The fraction of sp³-hybridized carbons (Fsp3) is 0.375. The summed E-state index contributed by atoms with van der Waals surface area (Å²) in [5.41, 5.74) is 1.92. The summed E-state index contributed by atoms with van der Waals surface area (Å²) in [5.74, 6) is 0.797. The minimum atomic E-state index is -0.403. The van der Waals surface area contributed by atoms with E-state index < -0.39 is 5.97 Å². The van der Waals surface area contributed by atoms with E-state index in [1.165, 1.54) is 0 Å². The summed E-state index contributed by atoms with van der Waals surface area (Å²) in [6.45, 7) is 4.64. The zero-order valence-corrected chi connectivity index (χ0v) is 13.0. The molecule has 0 unspecified atom stereocenters. The summed E-state index contributed by atoms with van der Waals surface area (Å²) in [6, 6.07) is 9.50. The van der Waals surface area contributed by atoms with Gasteiger partial charge < -0.3 is 14.2 Å². The van der Waals surface area contributed by atoms with Crippen LogP contribution in [0.2, 0.25) is 0 Å². The Balaban J connectivity index is 2.15. The largest absolute Gasteiger partial charge is 0.497 e. The standard InChI is InChI=1S/C16H20N2O4/c1-4-18-14(12-6-8-13(20-3)9-7-12)10-15(17-18)22-11-16(19)21-5-2/h6-10H,4-5,11H2,1-3H3. The molecule has 118 valence electrons. The molecule has 0 radical (unpaired) electrons. The normalized spacial score (nSPS) is 10.3. The highest BCUT2D eigenvalue weighted by Crippen LogP contribution is 2.25. The molecule has 0 aliphatic rings. The van der Waals surface area contributed by atoms with Gasteiger partial charge in [0.15, 0.2) is 6.61 Å². The Morgan fingerprint density at radius 3 is 2.55 bits per heavy atom. The number of esters is 1. The van der Waals surface area contributed by atoms with Crippen molar-refractivity contribution < 1.29 is 19.0 Å². The van der Waals surface area contributed by atoms with E-state index in [1.54, 1.807) is 14.0 Å². The van der Waals surface area contributed by atoms with Crippen molar-refractivity contribution in [3.8, 4) is 22.9 Å². The van der Waals surface area contributed by atoms with Crippen molar-refractivity contribution in [1.82, 2.24) is 9.78 Å². The van der Waals surface area contributed by atoms with Crippen LogP contribution in [-0.2, 0) is 16.1 Å². The Labute approximate surface area is 129 Å². The summed E-state index contributed by atoms with van der Waals surface area (Å²) >= 11 is 0. The lowest BCUT2D eigenvalue weighted by Crippen LogP contribution is -2.14. The predicted octanol–water partition coefficient (Wildman–Crippen LogP) is 2.52. The second-order valence-electron chi connectivity index (χ2n) is 4.51. The average molecular weight is 304 g/mol. The SMILES string of the molecule is CCOC(=O)COc1cc(-c2ccc(OC)cc2)n(CC)n1. The third-order valence-electron chi connectivity index (χ3n) is 3.09. The molecule has 1 aromatic carbocycles. The Morgan fingerprint density at radius 2 is 1.95 bits per heavy atom. The van der Waals surface area contributed by atoms with Crippen molar-refractivity contribution in [3.63, 3.8) is 0 Å².